The van der Waals surface area contributed by atoms with E-state index in [0.29, 0.717) is 32.7 Å². The number of rotatable bonds is 4. The molecule has 4 nitrogen and oxygen atoms in total. The molecule has 0 aromatic heterocycles. The van der Waals surface area contributed by atoms with Gasteiger partial charge in [-0.15, -0.1) is 0 Å². The summed E-state index contributed by atoms with van der Waals surface area (Å²) in [5.41, 5.74) is -0.0913. The smallest absolute Gasteiger partial charge is 0.128 e. The van der Waals surface area contributed by atoms with Crippen molar-refractivity contribution in [3.8, 4) is 0 Å². The van der Waals surface area contributed by atoms with Crippen molar-refractivity contribution in [3.05, 3.63) is 35.4 Å². The van der Waals surface area contributed by atoms with E-state index < -0.39 is 17.7 Å². The summed E-state index contributed by atoms with van der Waals surface area (Å²) in [5, 5.41) is 19.4. The molecule has 2 atom stereocenters. The Kier molecular flexibility index (Phi) is 3.96. The van der Waals surface area contributed by atoms with E-state index in [1.807, 2.05) is 4.90 Å². The van der Waals surface area contributed by atoms with Crippen LogP contribution >= 0.6 is 0 Å². The quantitative estimate of drug-likeness (QED) is 0.873. The summed E-state index contributed by atoms with van der Waals surface area (Å²) in [6, 6.07) is 3.01. The van der Waals surface area contributed by atoms with Crippen molar-refractivity contribution in [2.45, 2.75) is 18.6 Å². The van der Waals surface area contributed by atoms with Crippen molar-refractivity contribution in [1.29, 1.82) is 0 Å². The Morgan fingerprint density at radius 2 is 2.10 bits per heavy atom. The first-order valence-corrected chi connectivity index (χ1v) is 7.09. The molecule has 1 aromatic carbocycles. The lowest BCUT2D eigenvalue weighted by Gasteiger charge is -2.43. The minimum atomic E-state index is -0.575. The first-order chi connectivity index (χ1) is 10.0. The number of hydrogen-bond donors (Lipinski definition) is 2. The average molecular weight is 299 g/mol. The molecule has 0 bridgehead atoms. The van der Waals surface area contributed by atoms with Crippen molar-refractivity contribution in [1.82, 2.24) is 4.90 Å². The normalized spacial score (nSPS) is 28.6. The van der Waals surface area contributed by atoms with Gasteiger partial charge in [0.05, 0.1) is 31.3 Å². The number of benzene rings is 1. The van der Waals surface area contributed by atoms with Gasteiger partial charge in [0.1, 0.15) is 11.6 Å². The number of aliphatic hydroxyl groups excluding tert-OH is 2. The topological polar surface area (TPSA) is 52.9 Å². The monoisotopic (exact) mass is 299 g/mol. The summed E-state index contributed by atoms with van der Waals surface area (Å²) in [7, 11) is 0. The Bertz CT molecular complexity index is 516. The van der Waals surface area contributed by atoms with Gasteiger partial charge in [0, 0.05) is 24.7 Å². The van der Waals surface area contributed by atoms with E-state index in [0.717, 1.165) is 12.1 Å². The molecule has 0 amide bonds. The van der Waals surface area contributed by atoms with E-state index >= 15 is 0 Å². The second-order valence-electron chi connectivity index (χ2n) is 6.15. The highest BCUT2D eigenvalue weighted by atomic mass is 19.1. The summed E-state index contributed by atoms with van der Waals surface area (Å²) in [4.78, 5) is 1.92. The van der Waals surface area contributed by atoms with Gasteiger partial charge in [-0.25, -0.2) is 8.78 Å². The Hall–Kier alpha value is -1.08. The molecule has 6 heteroatoms. The van der Waals surface area contributed by atoms with E-state index in [1.165, 1.54) is 6.07 Å². The third kappa shape index (κ3) is 2.81. The predicted molar refractivity (Wildman–Crippen MR) is 71.6 cm³/mol. The van der Waals surface area contributed by atoms with Crippen molar-refractivity contribution in [2.24, 2.45) is 5.41 Å². The molecule has 2 unspecified atom stereocenters. The van der Waals surface area contributed by atoms with E-state index in [9.17, 15) is 19.0 Å². The zero-order chi connectivity index (χ0) is 15.0. The number of aliphatic hydroxyl groups is 2. The van der Waals surface area contributed by atoms with Crippen LogP contribution in [0.25, 0.3) is 0 Å². The highest BCUT2D eigenvalue weighted by molar-refractivity contribution is 5.24. The second kappa shape index (κ2) is 5.61. The molecule has 2 N–H and O–H groups in total. The molecule has 2 heterocycles. The van der Waals surface area contributed by atoms with Gasteiger partial charge in [0.15, 0.2) is 0 Å². The van der Waals surface area contributed by atoms with Gasteiger partial charge < -0.3 is 14.9 Å². The van der Waals surface area contributed by atoms with E-state index in [-0.39, 0.29) is 23.6 Å². The Balaban J connectivity index is 1.83. The zero-order valence-electron chi connectivity index (χ0n) is 11.6. The molecular weight excluding hydrogens is 280 g/mol. The Labute approximate surface area is 121 Å². The van der Waals surface area contributed by atoms with Crippen LogP contribution in [0, 0.1) is 17.0 Å². The summed E-state index contributed by atoms with van der Waals surface area (Å²) in [5.74, 6) is -0.958. The molecule has 21 heavy (non-hydrogen) atoms. The van der Waals surface area contributed by atoms with Crippen LogP contribution in [0.1, 0.15) is 18.0 Å². The van der Waals surface area contributed by atoms with Crippen LogP contribution in [0.15, 0.2) is 18.2 Å². The molecule has 2 aliphatic rings. The lowest BCUT2D eigenvalue weighted by molar-refractivity contribution is -0.150. The Morgan fingerprint density at radius 3 is 2.71 bits per heavy atom. The molecule has 0 aliphatic carbocycles. The molecule has 2 saturated heterocycles. The molecular formula is C15H19F2NO3. The lowest BCUT2D eigenvalue weighted by Crippen LogP contribution is -2.53. The van der Waals surface area contributed by atoms with Gasteiger partial charge in [-0.05, 0) is 24.6 Å². The summed E-state index contributed by atoms with van der Waals surface area (Å²) >= 11 is 0. The largest absolute Gasteiger partial charge is 0.396 e. The fraction of sp³-hybridized carbons (Fsp3) is 0.600. The van der Waals surface area contributed by atoms with Gasteiger partial charge >= 0.3 is 0 Å². The minimum absolute atomic E-state index is 0.0159. The molecule has 0 saturated carbocycles. The molecule has 2 aliphatic heterocycles. The number of nitrogens with zero attached hydrogens (tertiary/aromatic N) is 1. The van der Waals surface area contributed by atoms with Gasteiger partial charge in [0.2, 0.25) is 0 Å². The highest BCUT2D eigenvalue weighted by Crippen LogP contribution is 2.38. The average Bonchev–Trinajstić information content (AvgIpc) is 2.77. The highest BCUT2D eigenvalue weighted by Gasteiger charge is 2.44. The van der Waals surface area contributed by atoms with Crippen molar-refractivity contribution in [2.75, 3.05) is 32.9 Å². The number of likely N-dealkylation sites (tertiary alicyclic amines) is 1. The molecule has 1 aromatic rings. The van der Waals surface area contributed by atoms with Crippen LogP contribution < -0.4 is 0 Å². The summed E-state index contributed by atoms with van der Waals surface area (Å²) < 4.78 is 32.5. The first kappa shape index (κ1) is 14.8. The molecule has 116 valence electrons. The third-order valence-electron chi connectivity index (χ3n) is 4.39. The van der Waals surface area contributed by atoms with Gasteiger partial charge in [-0.1, -0.05) is 0 Å². The SMILES string of the molecule is OCC1(CN2CC(O)CC2c2cc(F)ccc2F)COC1. The van der Waals surface area contributed by atoms with Gasteiger partial charge in [0.25, 0.3) is 0 Å². The van der Waals surface area contributed by atoms with Crippen LogP contribution in [0.2, 0.25) is 0 Å². The van der Waals surface area contributed by atoms with E-state index in [4.69, 9.17) is 4.74 Å². The van der Waals surface area contributed by atoms with Crippen LogP contribution in [-0.4, -0.2) is 54.1 Å². The minimum Gasteiger partial charge on any atom is -0.396 e. The first-order valence-electron chi connectivity index (χ1n) is 7.09. The maximum atomic E-state index is 14.0. The lowest BCUT2D eigenvalue weighted by atomic mass is 9.86. The van der Waals surface area contributed by atoms with Crippen LogP contribution in [0.5, 0.6) is 0 Å². The molecule has 0 radical (unpaired) electrons. The van der Waals surface area contributed by atoms with Gasteiger partial charge in [-0.3, -0.25) is 4.90 Å². The van der Waals surface area contributed by atoms with Crippen LogP contribution in [0.4, 0.5) is 8.78 Å². The molecule has 0 spiro atoms. The fourth-order valence-electron chi connectivity index (χ4n) is 3.20. The van der Waals surface area contributed by atoms with Crippen LogP contribution in [-0.2, 0) is 4.74 Å². The predicted octanol–water partition coefficient (Wildman–Crippen LogP) is 1.08. The number of halogens is 2. The van der Waals surface area contributed by atoms with Crippen molar-refractivity contribution < 1.29 is 23.7 Å². The number of hydrogen-bond acceptors (Lipinski definition) is 4. The third-order valence-corrected chi connectivity index (χ3v) is 4.39. The molecule has 3 rings (SSSR count). The van der Waals surface area contributed by atoms with E-state index in [1.54, 1.807) is 0 Å². The maximum Gasteiger partial charge on any atom is 0.128 e. The number of ether oxygens (including phenoxy) is 1. The summed E-state index contributed by atoms with van der Waals surface area (Å²) in [6.07, 6.45) is -0.211. The zero-order valence-corrected chi connectivity index (χ0v) is 11.6. The van der Waals surface area contributed by atoms with E-state index in [2.05, 4.69) is 0 Å². The summed E-state index contributed by atoms with van der Waals surface area (Å²) in [6.45, 7) is 1.78. The standard InChI is InChI=1S/C15H19F2NO3/c16-10-1-2-13(17)12(3-10)14-4-11(20)5-18(14)6-15(7-19)8-21-9-15/h1-3,11,14,19-20H,4-9H2. The van der Waals surface area contributed by atoms with Crippen LogP contribution in [0.3, 0.4) is 0 Å². The van der Waals surface area contributed by atoms with Gasteiger partial charge in [-0.2, -0.15) is 0 Å². The fourth-order valence-corrected chi connectivity index (χ4v) is 3.20. The maximum absolute atomic E-state index is 14.0. The molecule has 2 fully saturated rings. The Morgan fingerprint density at radius 1 is 1.33 bits per heavy atom. The van der Waals surface area contributed by atoms with Crippen molar-refractivity contribution >= 4 is 0 Å². The number of β-amino-alcohol motifs (C(OH)–C–C–N with tert-alkyl or cyclic N) is 1. The second-order valence-corrected chi connectivity index (χ2v) is 6.15. The van der Waals surface area contributed by atoms with Crippen molar-refractivity contribution in [3.63, 3.8) is 0 Å².